The van der Waals surface area contributed by atoms with Crippen LogP contribution in [0.5, 0.6) is 0 Å². The van der Waals surface area contributed by atoms with Crippen molar-refractivity contribution < 1.29 is 4.79 Å². The third kappa shape index (κ3) is 4.91. The van der Waals surface area contributed by atoms with Gasteiger partial charge < -0.3 is 11.1 Å². The Labute approximate surface area is 74.0 Å². The maximum absolute atomic E-state index is 11.1. The second-order valence-electron chi connectivity index (χ2n) is 2.76. The number of nitrogens with one attached hydrogen (secondary N) is 1. The lowest BCUT2D eigenvalue weighted by atomic mass is 10.2. The van der Waals surface area contributed by atoms with Crippen LogP contribution in [-0.2, 0) is 4.79 Å². The summed E-state index contributed by atoms with van der Waals surface area (Å²) in [5.74, 6) is -0.0568. The smallest absolute Gasteiger partial charge is 0.236 e. The van der Waals surface area contributed by atoms with Crippen molar-refractivity contribution in [3.05, 3.63) is 12.7 Å². The Bertz CT molecular complexity index is 145. The van der Waals surface area contributed by atoms with E-state index in [9.17, 15) is 4.79 Å². The molecule has 0 spiro atoms. The average molecular weight is 170 g/mol. The molecule has 0 rings (SSSR count). The van der Waals surface area contributed by atoms with Crippen molar-refractivity contribution in [3.8, 4) is 0 Å². The Hall–Kier alpha value is -0.830. The third-order valence-corrected chi connectivity index (χ3v) is 1.58. The summed E-state index contributed by atoms with van der Waals surface area (Å²) in [7, 11) is 0. The van der Waals surface area contributed by atoms with Crippen LogP contribution in [0, 0.1) is 0 Å². The first-order valence-electron chi connectivity index (χ1n) is 4.36. The molecule has 0 aromatic heterocycles. The molecule has 0 unspecified atom stereocenters. The highest BCUT2D eigenvalue weighted by molar-refractivity contribution is 5.81. The van der Waals surface area contributed by atoms with E-state index < -0.39 is 0 Å². The third-order valence-electron chi connectivity index (χ3n) is 1.58. The quantitative estimate of drug-likeness (QED) is 0.458. The van der Waals surface area contributed by atoms with Crippen LogP contribution >= 0.6 is 0 Å². The van der Waals surface area contributed by atoms with Gasteiger partial charge in [-0.3, -0.25) is 4.79 Å². The van der Waals surface area contributed by atoms with Crippen LogP contribution in [0.4, 0.5) is 0 Å². The Morgan fingerprint density at radius 1 is 1.75 bits per heavy atom. The van der Waals surface area contributed by atoms with Crippen molar-refractivity contribution in [1.29, 1.82) is 0 Å². The van der Waals surface area contributed by atoms with Crippen molar-refractivity contribution in [3.63, 3.8) is 0 Å². The Balaban J connectivity index is 3.49. The first kappa shape index (κ1) is 11.2. The zero-order valence-electron chi connectivity index (χ0n) is 7.68. The fourth-order valence-electron chi connectivity index (χ4n) is 0.871. The molecule has 0 aliphatic carbocycles. The van der Waals surface area contributed by atoms with Gasteiger partial charge in [-0.1, -0.05) is 19.4 Å². The minimum Gasteiger partial charge on any atom is -0.354 e. The second kappa shape index (κ2) is 6.85. The molecule has 3 nitrogen and oxygen atoms in total. The monoisotopic (exact) mass is 170 g/mol. The molecular formula is C9H18N2O. The molecular weight excluding hydrogens is 152 g/mol. The van der Waals surface area contributed by atoms with E-state index in [4.69, 9.17) is 5.73 Å². The largest absolute Gasteiger partial charge is 0.354 e. The second-order valence-corrected chi connectivity index (χ2v) is 2.76. The predicted molar refractivity (Wildman–Crippen MR) is 50.7 cm³/mol. The molecule has 12 heavy (non-hydrogen) atoms. The van der Waals surface area contributed by atoms with E-state index in [1.807, 2.05) is 6.92 Å². The molecule has 70 valence electrons. The molecule has 0 aliphatic rings. The molecule has 1 amide bonds. The fourth-order valence-corrected chi connectivity index (χ4v) is 0.871. The molecule has 0 aliphatic heterocycles. The summed E-state index contributed by atoms with van der Waals surface area (Å²) in [6.07, 6.45) is 4.26. The number of rotatable bonds is 6. The minimum atomic E-state index is -0.347. The first-order chi connectivity index (χ1) is 5.72. The summed E-state index contributed by atoms with van der Waals surface area (Å²) in [4.78, 5) is 11.1. The number of hydrogen-bond donors (Lipinski definition) is 2. The maximum atomic E-state index is 11.1. The zero-order valence-corrected chi connectivity index (χ0v) is 7.68. The Kier molecular flexibility index (Phi) is 6.38. The summed E-state index contributed by atoms with van der Waals surface area (Å²) < 4.78 is 0. The van der Waals surface area contributed by atoms with E-state index in [1.54, 1.807) is 6.08 Å². The topological polar surface area (TPSA) is 55.1 Å². The molecule has 0 aromatic rings. The van der Waals surface area contributed by atoms with Crippen molar-refractivity contribution in [2.75, 3.05) is 6.54 Å². The van der Waals surface area contributed by atoms with Gasteiger partial charge in [0.15, 0.2) is 0 Å². The van der Waals surface area contributed by atoms with Gasteiger partial charge in [-0.25, -0.2) is 0 Å². The number of hydrogen-bond acceptors (Lipinski definition) is 2. The highest BCUT2D eigenvalue weighted by atomic mass is 16.2. The molecule has 0 aromatic carbocycles. The van der Waals surface area contributed by atoms with Gasteiger partial charge in [-0.05, 0) is 12.8 Å². The average Bonchev–Trinajstić information content (AvgIpc) is 2.05. The fraction of sp³-hybridized carbons (Fsp3) is 0.667. The van der Waals surface area contributed by atoms with E-state index in [2.05, 4.69) is 11.9 Å². The van der Waals surface area contributed by atoms with Crippen LogP contribution in [0.3, 0.4) is 0 Å². The maximum Gasteiger partial charge on any atom is 0.236 e. The van der Waals surface area contributed by atoms with Gasteiger partial charge in [0, 0.05) is 6.54 Å². The van der Waals surface area contributed by atoms with Gasteiger partial charge in [-0.15, -0.1) is 6.58 Å². The standard InChI is InChI=1S/C9H18N2O/c1-3-5-7-11-9(12)8(10)6-4-2/h3,8H,1,4-7,10H2,2H3,(H,11,12)/t8-/m1/s1. The predicted octanol–water partition coefficient (Wildman–Crippen LogP) is 0.806. The van der Waals surface area contributed by atoms with Crippen molar-refractivity contribution >= 4 is 5.91 Å². The van der Waals surface area contributed by atoms with Crippen molar-refractivity contribution in [2.45, 2.75) is 32.2 Å². The molecule has 0 fully saturated rings. The lowest BCUT2D eigenvalue weighted by molar-refractivity contribution is -0.122. The van der Waals surface area contributed by atoms with Crippen LogP contribution in [0.15, 0.2) is 12.7 Å². The summed E-state index contributed by atoms with van der Waals surface area (Å²) in [5, 5.41) is 2.73. The number of amides is 1. The molecule has 3 heteroatoms. The first-order valence-corrected chi connectivity index (χ1v) is 4.36. The molecule has 1 atom stereocenters. The van der Waals surface area contributed by atoms with Crippen LogP contribution in [0.2, 0.25) is 0 Å². The highest BCUT2D eigenvalue weighted by Crippen LogP contribution is 1.92. The van der Waals surface area contributed by atoms with Gasteiger partial charge in [0.2, 0.25) is 5.91 Å². The summed E-state index contributed by atoms with van der Waals surface area (Å²) in [6.45, 7) is 6.21. The highest BCUT2D eigenvalue weighted by Gasteiger charge is 2.09. The molecule has 3 N–H and O–H groups in total. The Morgan fingerprint density at radius 2 is 2.42 bits per heavy atom. The molecule has 0 bridgehead atoms. The van der Waals surface area contributed by atoms with Gasteiger partial charge in [0.05, 0.1) is 6.04 Å². The number of nitrogens with two attached hydrogens (primary N) is 1. The normalized spacial score (nSPS) is 12.2. The van der Waals surface area contributed by atoms with Gasteiger partial charge in [0.25, 0.3) is 0 Å². The molecule has 0 radical (unpaired) electrons. The van der Waals surface area contributed by atoms with Crippen LogP contribution < -0.4 is 11.1 Å². The lowest BCUT2D eigenvalue weighted by Crippen LogP contribution is -2.40. The SMILES string of the molecule is C=CCCNC(=O)[C@H](N)CCC. The molecule has 0 saturated heterocycles. The van der Waals surface area contributed by atoms with E-state index in [0.29, 0.717) is 6.54 Å². The van der Waals surface area contributed by atoms with Crippen molar-refractivity contribution in [1.82, 2.24) is 5.32 Å². The Morgan fingerprint density at radius 3 is 2.92 bits per heavy atom. The summed E-state index contributed by atoms with van der Waals surface area (Å²) >= 11 is 0. The zero-order chi connectivity index (χ0) is 9.40. The van der Waals surface area contributed by atoms with Gasteiger partial charge in [0.1, 0.15) is 0 Å². The number of carbonyl (C=O) groups is 1. The van der Waals surface area contributed by atoms with E-state index in [1.165, 1.54) is 0 Å². The summed E-state index contributed by atoms with van der Waals surface area (Å²) in [6, 6.07) is -0.347. The molecule has 0 saturated carbocycles. The van der Waals surface area contributed by atoms with Gasteiger partial charge >= 0.3 is 0 Å². The van der Waals surface area contributed by atoms with Crippen LogP contribution in [0.1, 0.15) is 26.2 Å². The van der Waals surface area contributed by atoms with Crippen LogP contribution in [0.25, 0.3) is 0 Å². The van der Waals surface area contributed by atoms with Gasteiger partial charge in [-0.2, -0.15) is 0 Å². The summed E-state index contributed by atoms with van der Waals surface area (Å²) in [5.41, 5.74) is 5.57. The molecule has 0 heterocycles. The van der Waals surface area contributed by atoms with Crippen LogP contribution in [-0.4, -0.2) is 18.5 Å². The van der Waals surface area contributed by atoms with E-state index >= 15 is 0 Å². The number of carbonyl (C=O) groups excluding carboxylic acids is 1. The lowest BCUT2D eigenvalue weighted by Gasteiger charge is -2.09. The van der Waals surface area contributed by atoms with Crippen molar-refractivity contribution in [2.24, 2.45) is 5.73 Å². The van der Waals surface area contributed by atoms with E-state index in [0.717, 1.165) is 19.3 Å². The minimum absolute atomic E-state index is 0.0568. The van der Waals surface area contributed by atoms with E-state index in [-0.39, 0.29) is 11.9 Å².